The molecular formula is C17H24N4O2S. The molecule has 6 nitrogen and oxygen atoms in total. The van der Waals surface area contributed by atoms with Crippen molar-refractivity contribution in [2.45, 2.75) is 45.7 Å². The highest BCUT2D eigenvalue weighted by Crippen LogP contribution is 2.15. The molecule has 24 heavy (non-hydrogen) atoms. The number of thiophene rings is 1. The van der Waals surface area contributed by atoms with Crippen molar-refractivity contribution in [3.8, 4) is 0 Å². The van der Waals surface area contributed by atoms with Crippen LogP contribution in [0.1, 0.15) is 48.1 Å². The molecule has 3 heterocycles. The van der Waals surface area contributed by atoms with Gasteiger partial charge in [0.1, 0.15) is 0 Å². The molecule has 3 rings (SSSR count). The summed E-state index contributed by atoms with van der Waals surface area (Å²) >= 11 is 1.48. The van der Waals surface area contributed by atoms with Gasteiger partial charge in [-0.25, -0.2) is 0 Å². The first kappa shape index (κ1) is 17.1. The first-order chi connectivity index (χ1) is 11.6. The minimum absolute atomic E-state index is 0.0416. The van der Waals surface area contributed by atoms with Crippen molar-refractivity contribution in [2.24, 2.45) is 5.92 Å². The van der Waals surface area contributed by atoms with Gasteiger partial charge in [-0.2, -0.15) is 4.98 Å². The van der Waals surface area contributed by atoms with E-state index in [9.17, 15) is 4.79 Å². The van der Waals surface area contributed by atoms with Crippen LogP contribution in [-0.2, 0) is 13.0 Å². The molecule has 130 valence electrons. The summed E-state index contributed by atoms with van der Waals surface area (Å²) in [6, 6.07) is 4.01. The van der Waals surface area contributed by atoms with E-state index in [1.165, 1.54) is 11.3 Å². The summed E-state index contributed by atoms with van der Waals surface area (Å²) in [7, 11) is 0. The maximum absolute atomic E-state index is 12.1. The zero-order valence-corrected chi connectivity index (χ0v) is 15.0. The molecule has 1 fully saturated rings. The van der Waals surface area contributed by atoms with E-state index in [0.717, 1.165) is 48.9 Å². The van der Waals surface area contributed by atoms with E-state index < -0.39 is 0 Å². The van der Waals surface area contributed by atoms with Gasteiger partial charge in [0.05, 0.1) is 11.4 Å². The van der Waals surface area contributed by atoms with Crippen molar-refractivity contribution in [2.75, 3.05) is 13.1 Å². The van der Waals surface area contributed by atoms with Crippen molar-refractivity contribution in [1.82, 2.24) is 20.4 Å². The van der Waals surface area contributed by atoms with Crippen molar-refractivity contribution >= 4 is 17.2 Å². The van der Waals surface area contributed by atoms with Crippen molar-refractivity contribution in [3.63, 3.8) is 0 Å². The van der Waals surface area contributed by atoms with Crippen LogP contribution < -0.4 is 5.32 Å². The number of aromatic nitrogens is 2. The molecule has 2 aromatic heterocycles. The van der Waals surface area contributed by atoms with Gasteiger partial charge in [-0.3, -0.25) is 9.69 Å². The number of amides is 1. The van der Waals surface area contributed by atoms with Crippen molar-refractivity contribution in [1.29, 1.82) is 0 Å². The second kappa shape index (κ2) is 7.90. The fraction of sp³-hybridized carbons (Fsp3) is 0.588. The fourth-order valence-electron chi connectivity index (χ4n) is 2.89. The number of nitrogens with one attached hydrogen (secondary N) is 1. The number of carbonyl (C=O) groups excluding carboxylic acids is 1. The highest BCUT2D eigenvalue weighted by atomic mass is 32.1. The molecular weight excluding hydrogens is 324 g/mol. The van der Waals surface area contributed by atoms with E-state index in [1.807, 2.05) is 17.5 Å². The number of carbonyl (C=O) groups is 1. The first-order valence-electron chi connectivity index (χ1n) is 8.48. The maximum Gasteiger partial charge on any atom is 0.261 e. The maximum atomic E-state index is 12.1. The average Bonchev–Trinajstić information content (AvgIpc) is 3.21. The Bertz CT molecular complexity index is 645. The Hall–Kier alpha value is -1.73. The minimum atomic E-state index is 0.0416. The van der Waals surface area contributed by atoms with E-state index in [1.54, 1.807) is 0 Å². The molecule has 0 spiro atoms. The van der Waals surface area contributed by atoms with Gasteiger partial charge in [-0.15, -0.1) is 11.3 Å². The van der Waals surface area contributed by atoms with Crippen LogP contribution in [0.2, 0.25) is 0 Å². The zero-order chi connectivity index (χ0) is 16.9. The second-order valence-electron chi connectivity index (χ2n) is 6.70. The molecule has 0 unspecified atom stereocenters. The van der Waals surface area contributed by atoms with Gasteiger partial charge in [0.25, 0.3) is 5.91 Å². The summed E-state index contributed by atoms with van der Waals surface area (Å²) in [4.78, 5) is 19.6. The fourth-order valence-corrected chi connectivity index (χ4v) is 3.51. The topological polar surface area (TPSA) is 71.3 Å². The predicted molar refractivity (Wildman–Crippen MR) is 92.9 cm³/mol. The quantitative estimate of drug-likeness (QED) is 0.869. The Morgan fingerprint density at radius 2 is 2.25 bits per heavy atom. The Balaban J connectivity index is 1.43. The van der Waals surface area contributed by atoms with Crippen molar-refractivity contribution < 1.29 is 9.32 Å². The Morgan fingerprint density at radius 3 is 2.92 bits per heavy atom. The van der Waals surface area contributed by atoms with E-state index in [-0.39, 0.29) is 11.9 Å². The lowest BCUT2D eigenvalue weighted by Gasteiger charge is -2.31. The summed E-state index contributed by atoms with van der Waals surface area (Å²) in [5.41, 5.74) is 0. The molecule has 0 saturated carbocycles. The van der Waals surface area contributed by atoms with Gasteiger partial charge < -0.3 is 9.84 Å². The molecule has 0 bridgehead atoms. The molecule has 0 aromatic carbocycles. The number of likely N-dealkylation sites (tertiary alicyclic amines) is 1. The average molecular weight is 348 g/mol. The molecule has 2 aromatic rings. The van der Waals surface area contributed by atoms with Crippen LogP contribution in [0, 0.1) is 5.92 Å². The summed E-state index contributed by atoms with van der Waals surface area (Å²) < 4.78 is 5.29. The Morgan fingerprint density at radius 1 is 1.46 bits per heavy atom. The summed E-state index contributed by atoms with van der Waals surface area (Å²) in [6.45, 7) is 6.86. The van der Waals surface area contributed by atoms with Crippen LogP contribution >= 0.6 is 11.3 Å². The minimum Gasteiger partial charge on any atom is -0.349 e. The number of rotatable bonds is 6. The monoisotopic (exact) mass is 348 g/mol. The third-order valence-electron chi connectivity index (χ3n) is 4.13. The normalized spacial score (nSPS) is 16.6. The Labute approximate surface area is 146 Å². The van der Waals surface area contributed by atoms with Gasteiger partial charge >= 0.3 is 0 Å². The number of nitrogens with zero attached hydrogens (tertiary/aromatic N) is 3. The van der Waals surface area contributed by atoms with Crippen LogP contribution in [0.3, 0.4) is 0 Å². The van der Waals surface area contributed by atoms with Gasteiger partial charge in [-0.1, -0.05) is 25.1 Å². The van der Waals surface area contributed by atoms with Gasteiger partial charge in [-0.05, 0) is 30.2 Å². The van der Waals surface area contributed by atoms with Crippen LogP contribution in [0.5, 0.6) is 0 Å². The van der Waals surface area contributed by atoms with Crippen LogP contribution in [-0.4, -0.2) is 40.1 Å². The number of hydrogen-bond acceptors (Lipinski definition) is 6. The first-order valence-corrected chi connectivity index (χ1v) is 9.36. The standard InChI is InChI=1S/C17H24N4O2S/c1-12(2)10-16-19-15(20-23-16)11-21-7-5-13(6-8-21)18-17(22)14-4-3-9-24-14/h3-4,9,12-13H,5-8,10-11H2,1-2H3,(H,18,22). The number of piperidine rings is 1. The summed E-state index contributed by atoms with van der Waals surface area (Å²) in [5, 5.41) is 9.12. The molecule has 1 N–H and O–H groups in total. The van der Waals surface area contributed by atoms with Crippen LogP contribution in [0.4, 0.5) is 0 Å². The summed E-state index contributed by atoms with van der Waals surface area (Å²) in [6.07, 6.45) is 2.73. The molecule has 0 atom stereocenters. The van der Waals surface area contributed by atoms with E-state index in [0.29, 0.717) is 12.5 Å². The van der Waals surface area contributed by atoms with E-state index in [2.05, 4.69) is 34.2 Å². The third kappa shape index (κ3) is 4.64. The lowest BCUT2D eigenvalue weighted by molar-refractivity contribution is 0.0912. The smallest absolute Gasteiger partial charge is 0.261 e. The molecule has 0 radical (unpaired) electrons. The molecule has 1 amide bonds. The van der Waals surface area contributed by atoms with Crippen molar-refractivity contribution in [3.05, 3.63) is 34.1 Å². The third-order valence-corrected chi connectivity index (χ3v) is 4.99. The second-order valence-corrected chi connectivity index (χ2v) is 7.65. The van der Waals surface area contributed by atoms with Gasteiger partial charge in [0, 0.05) is 25.6 Å². The van der Waals surface area contributed by atoms with Crippen LogP contribution in [0.25, 0.3) is 0 Å². The molecule has 1 aliphatic rings. The molecule has 1 saturated heterocycles. The predicted octanol–water partition coefficient (Wildman–Crippen LogP) is 2.72. The lowest BCUT2D eigenvalue weighted by Crippen LogP contribution is -2.44. The molecule has 1 aliphatic heterocycles. The largest absolute Gasteiger partial charge is 0.349 e. The van der Waals surface area contributed by atoms with Gasteiger partial charge in [0.2, 0.25) is 5.89 Å². The van der Waals surface area contributed by atoms with Gasteiger partial charge in [0.15, 0.2) is 5.82 Å². The molecule has 7 heteroatoms. The van der Waals surface area contributed by atoms with Crippen LogP contribution in [0.15, 0.2) is 22.0 Å². The Kier molecular flexibility index (Phi) is 5.63. The SMILES string of the molecule is CC(C)Cc1nc(CN2CCC(NC(=O)c3cccs3)CC2)no1. The van der Waals surface area contributed by atoms with E-state index >= 15 is 0 Å². The highest BCUT2D eigenvalue weighted by Gasteiger charge is 2.22. The lowest BCUT2D eigenvalue weighted by atomic mass is 10.0. The summed E-state index contributed by atoms with van der Waals surface area (Å²) in [5.74, 6) is 2.03. The zero-order valence-electron chi connectivity index (χ0n) is 14.2. The van der Waals surface area contributed by atoms with E-state index in [4.69, 9.17) is 4.52 Å². The highest BCUT2D eigenvalue weighted by molar-refractivity contribution is 7.12. The number of hydrogen-bond donors (Lipinski definition) is 1. The molecule has 0 aliphatic carbocycles.